The summed E-state index contributed by atoms with van der Waals surface area (Å²) in [5.41, 5.74) is -3.90. The van der Waals surface area contributed by atoms with Crippen molar-refractivity contribution in [3.63, 3.8) is 0 Å². The van der Waals surface area contributed by atoms with Crippen molar-refractivity contribution >= 4 is 35.0 Å². The van der Waals surface area contributed by atoms with Crippen LogP contribution in [-0.2, 0) is 4.79 Å². The van der Waals surface area contributed by atoms with Gasteiger partial charge in [0.25, 0.3) is 0 Å². The quantitative estimate of drug-likeness (QED) is 0.674. The second-order valence-electron chi connectivity index (χ2n) is 3.18. The Morgan fingerprint density at radius 1 is 1.35 bits per heavy atom. The number of benzene rings is 1. The molecule has 17 heavy (non-hydrogen) atoms. The number of carbonyl (C=O) groups is 1. The number of amides is 1. The lowest BCUT2D eigenvalue weighted by atomic mass is 10.3. The molecule has 7 heteroatoms. The Balaban J connectivity index is 2.65. The molecule has 94 valence electrons. The van der Waals surface area contributed by atoms with Gasteiger partial charge in [-0.3, -0.25) is 4.79 Å². The summed E-state index contributed by atoms with van der Waals surface area (Å²) in [6.45, 7) is 1.50. The number of carbonyl (C=O) groups excluding carboxylic acids is 1. The standard InChI is InChI=1S/C10H9ClF3NOS/c1-6(11)9(16)15-7-2-4-8(5-3-7)17-10(12,13)14/h2-6H,1H3,(H,15,16). The van der Waals surface area contributed by atoms with Gasteiger partial charge in [-0.1, -0.05) is 0 Å². The van der Waals surface area contributed by atoms with Crippen LogP contribution in [0.15, 0.2) is 29.2 Å². The van der Waals surface area contributed by atoms with Gasteiger partial charge in [-0.25, -0.2) is 0 Å². The maximum Gasteiger partial charge on any atom is 0.446 e. The highest BCUT2D eigenvalue weighted by atomic mass is 35.5. The smallest absolute Gasteiger partial charge is 0.325 e. The zero-order chi connectivity index (χ0) is 13.1. The van der Waals surface area contributed by atoms with Crippen LogP contribution in [0, 0.1) is 0 Å². The Hall–Kier alpha value is -0.880. The van der Waals surface area contributed by atoms with Gasteiger partial charge in [-0.2, -0.15) is 13.2 Å². The zero-order valence-electron chi connectivity index (χ0n) is 8.72. The van der Waals surface area contributed by atoms with Crippen LogP contribution in [-0.4, -0.2) is 16.8 Å². The van der Waals surface area contributed by atoms with Gasteiger partial charge in [-0.05, 0) is 43.0 Å². The third-order valence-electron chi connectivity index (χ3n) is 1.72. The van der Waals surface area contributed by atoms with Crippen molar-refractivity contribution in [3.8, 4) is 0 Å². The second kappa shape index (κ2) is 5.64. The molecule has 0 aliphatic rings. The Labute approximate surface area is 106 Å². The minimum Gasteiger partial charge on any atom is -0.325 e. The molecule has 1 unspecified atom stereocenters. The molecule has 1 atom stereocenters. The highest BCUT2D eigenvalue weighted by Crippen LogP contribution is 2.36. The SMILES string of the molecule is CC(Cl)C(=O)Nc1ccc(SC(F)(F)F)cc1. The van der Waals surface area contributed by atoms with Crippen LogP contribution in [0.2, 0.25) is 0 Å². The zero-order valence-corrected chi connectivity index (χ0v) is 10.3. The lowest BCUT2D eigenvalue weighted by Crippen LogP contribution is -2.20. The van der Waals surface area contributed by atoms with E-state index in [2.05, 4.69) is 5.32 Å². The summed E-state index contributed by atoms with van der Waals surface area (Å²) < 4.78 is 36.1. The van der Waals surface area contributed by atoms with Crippen LogP contribution in [0.1, 0.15) is 6.92 Å². The van der Waals surface area contributed by atoms with Gasteiger partial charge >= 0.3 is 5.51 Å². The van der Waals surface area contributed by atoms with E-state index in [4.69, 9.17) is 11.6 Å². The molecular weight excluding hydrogens is 275 g/mol. The highest BCUT2D eigenvalue weighted by Gasteiger charge is 2.29. The summed E-state index contributed by atoms with van der Waals surface area (Å²) in [4.78, 5) is 11.3. The first-order valence-corrected chi connectivity index (χ1v) is 5.84. The first-order chi connectivity index (χ1) is 7.78. The van der Waals surface area contributed by atoms with E-state index in [1.165, 1.54) is 31.2 Å². The van der Waals surface area contributed by atoms with Crippen molar-refractivity contribution in [1.29, 1.82) is 0 Å². The Morgan fingerprint density at radius 3 is 2.29 bits per heavy atom. The van der Waals surface area contributed by atoms with Gasteiger partial charge in [0.05, 0.1) is 0 Å². The van der Waals surface area contributed by atoms with Gasteiger partial charge in [0, 0.05) is 10.6 Å². The number of nitrogens with one attached hydrogen (secondary N) is 1. The minimum atomic E-state index is -4.31. The number of anilines is 1. The fraction of sp³-hybridized carbons (Fsp3) is 0.300. The molecule has 1 rings (SSSR count). The highest BCUT2D eigenvalue weighted by molar-refractivity contribution is 8.00. The molecule has 0 heterocycles. The van der Waals surface area contributed by atoms with Crippen molar-refractivity contribution < 1.29 is 18.0 Å². The Morgan fingerprint density at radius 2 is 1.88 bits per heavy atom. The largest absolute Gasteiger partial charge is 0.446 e. The van der Waals surface area contributed by atoms with Crippen LogP contribution in [0.25, 0.3) is 0 Å². The molecule has 0 fully saturated rings. The number of hydrogen-bond acceptors (Lipinski definition) is 2. The molecule has 1 N–H and O–H groups in total. The van der Waals surface area contributed by atoms with Crippen molar-refractivity contribution in [2.75, 3.05) is 5.32 Å². The summed E-state index contributed by atoms with van der Waals surface area (Å²) in [5.74, 6) is -0.400. The third kappa shape index (κ3) is 5.32. The number of rotatable bonds is 3. The molecule has 2 nitrogen and oxygen atoms in total. The number of halogens is 4. The number of thioether (sulfide) groups is 1. The van der Waals surface area contributed by atoms with Gasteiger partial charge in [0.1, 0.15) is 5.38 Å². The molecule has 1 aromatic carbocycles. The molecule has 0 saturated carbocycles. The van der Waals surface area contributed by atoms with E-state index in [0.717, 1.165) is 0 Å². The summed E-state index contributed by atoms with van der Waals surface area (Å²) in [6.07, 6.45) is 0. The molecule has 0 aliphatic heterocycles. The third-order valence-corrected chi connectivity index (χ3v) is 2.65. The van der Waals surface area contributed by atoms with Crippen LogP contribution >= 0.6 is 23.4 Å². The van der Waals surface area contributed by atoms with Crippen LogP contribution in [0.5, 0.6) is 0 Å². The van der Waals surface area contributed by atoms with Gasteiger partial charge in [0.2, 0.25) is 5.91 Å². The van der Waals surface area contributed by atoms with E-state index in [0.29, 0.717) is 5.69 Å². The molecule has 0 radical (unpaired) electrons. The van der Waals surface area contributed by atoms with Crippen molar-refractivity contribution in [2.24, 2.45) is 0 Å². The average molecular weight is 284 g/mol. The molecule has 0 aliphatic carbocycles. The van der Waals surface area contributed by atoms with Crippen molar-refractivity contribution in [2.45, 2.75) is 22.7 Å². The predicted octanol–water partition coefficient (Wildman–Crippen LogP) is 3.86. The summed E-state index contributed by atoms with van der Waals surface area (Å²) in [5, 5.41) is 1.77. The molecule has 0 bridgehead atoms. The van der Waals surface area contributed by atoms with E-state index in [9.17, 15) is 18.0 Å². The van der Waals surface area contributed by atoms with E-state index in [1.807, 2.05) is 0 Å². The van der Waals surface area contributed by atoms with Crippen molar-refractivity contribution in [1.82, 2.24) is 0 Å². The maximum atomic E-state index is 12.0. The van der Waals surface area contributed by atoms with Gasteiger partial charge in [0.15, 0.2) is 0 Å². The number of alkyl halides is 4. The molecule has 1 amide bonds. The fourth-order valence-corrected chi connectivity index (χ4v) is 1.58. The lowest BCUT2D eigenvalue weighted by molar-refractivity contribution is -0.115. The summed E-state index contributed by atoms with van der Waals surface area (Å²) >= 11 is 5.33. The monoisotopic (exact) mass is 283 g/mol. The molecule has 1 aromatic rings. The van der Waals surface area contributed by atoms with Crippen LogP contribution in [0.3, 0.4) is 0 Å². The minimum absolute atomic E-state index is 0.0643. The normalized spacial score (nSPS) is 13.2. The van der Waals surface area contributed by atoms with Gasteiger partial charge in [-0.15, -0.1) is 11.6 Å². The van der Waals surface area contributed by atoms with E-state index in [-0.39, 0.29) is 16.7 Å². The molecule has 0 aromatic heterocycles. The first kappa shape index (κ1) is 14.2. The van der Waals surface area contributed by atoms with Crippen molar-refractivity contribution in [3.05, 3.63) is 24.3 Å². The Bertz CT molecular complexity index is 392. The predicted molar refractivity (Wildman–Crippen MR) is 62.3 cm³/mol. The van der Waals surface area contributed by atoms with E-state index in [1.54, 1.807) is 0 Å². The van der Waals surface area contributed by atoms with E-state index < -0.39 is 16.8 Å². The van der Waals surface area contributed by atoms with Crippen LogP contribution in [0.4, 0.5) is 18.9 Å². The topological polar surface area (TPSA) is 29.1 Å². The van der Waals surface area contributed by atoms with Gasteiger partial charge < -0.3 is 5.32 Å². The Kier molecular flexibility index (Phi) is 4.70. The molecule has 0 spiro atoms. The molecule has 0 saturated heterocycles. The van der Waals surface area contributed by atoms with E-state index >= 15 is 0 Å². The lowest BCUT2D eigenvalue weighted by Gasteiger charge is -2.08. The molecular formula is C10H9ClF3NOS. The average Bonchev–Trinajstić information content (AvgIpc) is 2.18. The first-order valence-electron chi connectivity index (χ1n) is 4.58. The number of hydrogen-bond donors (Lipinski definition) is 1. The summed E-state index contributed by atoms with van der Waals surface area (Å²) in [7, 11) is 0. The second-order valence-corrected chi connectivity index (χ2v) is 4.97. The maximum absolute atomic E-state index is 12.0. The summed E-state index contributed by atoms with van der Waals surface area (Å²) in [6, 6.07) is 5.36. The van der Waals surface area contributed by atoms with Crippen LogP contribution < -0.4 is 5.32 Å². The fourth-order valence-electron chi connectivity index (χ4n) is 0.982.